The Labute approximate surface area is 166 Å². The van der Waals surface area contributed by atoms with Crippen molar-refractivity contribution in [1.82, 2.24) is 5.32 Å². The molecule has 0 saturated heterocycles. The first-order valence-electron chi connectivity index (χ1n) is 7.85. The van der Waals surface area contributed by atoms with E-state index in [-0.39, 0.29) is 18.8 Å². The lowest BCUT2D eigenvalue weighted by Crippen LogP contribution is -2.19. The molecule has 0 aliphatic heterocycles. The Hall–Kier alpha value is -2.70. The van der Waals surface area contributed by atoms with E-state index in [2.05, 4.69) is 15.6 Å². The molecule has 0 aromatic heterocycles. The molecule has 0 amide bonds. The molecule has 0 aliphatic rings. The molecule has 0 radical (unpaired) electrons. The number of hydrogen-bond donors (Lipinski definition) is 2. The van der Waals surface area contributed by atoms with Crippen LogP contribution in [0.25, 0.3) is 0 Å². The number of hydrogen-bond acceptors (Lipinski definition) is 8. The van der Waals surface area contributed by atoms with E-state index < -0.39 is 11.9 Å². The molecule has 0 atom stereocenters. The maximum Gasteiger partial charge on any atom is 0.347 e. The van der Waals surface area contributed by atoms with Gasteiger partial charge < -0.3 is 14.8 Å². The lowest BCUT2D eigenvalue weighted by molar-refractivity contribution is -0.146. The molecule has 1 rings (SSSR count). The Morgan fingerprint density at radius 2 is 1.93 bits per heavy atom. The number of rotatable bonds is 7. The summed E-state index contributed by atoms with van der Waals surface area (Å²) in [7, 11) is 0. The van der Waals surface area contributed by atoms with Crippen molar-refractivity contribution < 1.29 is 19.1 Å². The third-order valence-corrected chi connectivity index (χ3v) is 3.72. The molecular formula is C17H19ClN4O4S. The highest BCUT2D eigenvalue weighted by atomic mass is 35.5. The van der Waals surface area contributed by atoms with Gasteiger partial charge in [-0.25, -0.2) is 14.6 Å². The van der Waals surface area contributed by atoms with Gasteiger partial charge in [0.1, 0.15) is 0 Å². The SMILES string of the molecule is CCOC(=O)C(=CNc1ccc(Cl)cc1N=C(NC#N)SC)C(=O)OCC. The first-order valence-corrected chi connectivity index (χ1v) is 9.45. The molecule has 0 unspecified atom stereocenters. The lowest BCUT2D eigenvalue weighted by atomic mass is 10.2. The van der Waals surface area contributed by atoms with Gasteiger partial charge >= 0.3 is 11.9 Å². The molecule has 1 aromatic rings. The van der Waals surface area contributed by atoms with E-state index in [9.17, 15) is 9.59 Å². The fraction of sp³-hybridized carbons (Fsp3) is 0.294. The number of nitrogens with one attached hydrogen (secondary N) is 2. The van der Waals surface area contributed by atoms with Gasteiger partial charge in [0.2, 0.25) is 0 Å². The average molecular weight is 411 g/mol. The zero-order valence-corrected chi connectivity index (χ0v) is 16.6. The monoisotopic (exact) mass is 410 g/mol. The van der Waals surface area contributed by atoms with Crippen LogP contribution in [0.3, 0.4) is 0 Å². The standard InChI is InChI=1S/C17H19ClN4O4S/c1-4-25-15(23)12(16(24)26-5-2)9-20-13-7-6-11(18)8-14(13)22-17(27-3)21-10-19/h6-9,20H,4-5H2,1-3H3,(H,21,22). The molecule has 0 spiro atoms. The summed E-state index contributed by atoms with van der Waals surface area (Å²) in [5.41, 5.74) is 0.568. The lowest BCUT2D eigenvalue weighted by Gasteiger charge is -2.10. The summed E-state index contributed by atoms with van der Waals surface area (Å²) >= 11 is 7.25. The van der Waals surface area contributed by atoms with Crippen molar-refractivity contribution in [2.75, 3.05) is 24.8 Å². The number of aliphatic imine (C=N–C) groups is 1. The highest BCUT2D eigenvalue weighted by Gasteiger charge is 2.21. The van der Waals surface area contributed by atoms with E-state index in [4.69, 9.17) is 26.3 Å². The first-order chi connectivity index (χ1) is 13.0. The summed E-state index contributed by atoms with van der Waals surface area (Å²) in [6.07, 6.45) is 4.73. The largest absolute Gasteiger partial charge is 0.462 e. The van der Waals surface area contributed by atoms with E-state index in [1.165, 1.54) is 18.0 Å². The summed E-state index contributed by atoms with van der Waals surface area (Å²) in [5.74, 6) is -1.61. The van der Waals surface area contributed by atoms with Gasteiger partial charge in [0.05, 0.1) is 24.6 Å². The molecule has 0 bridgehead atoms. The topological polar surface area (TPSA) is 113 Å². The molecule has 0 fully saturated rings. The Bertz CT molecular complexity index is 770. The van der Waals surface area contributed by atoms with Crippen LogP contribution >= 0.6 is 23.4 Å². The summed E-state index contributed by atoms with van der Waals surface area (Å²) in [6, 6.07) is 4.80. The number of anilines is 1. The highest BCUT2D eigenvalue weighted by Crippen LogP contribution is 2.29. The van der Waals surface area contributed by atoms with Crippen LogP contribution < -0.4 is 10.6 Å². The van der Waals surface area contributed by atoms with Crippen molar-refractivity contribution in [3.05, 3.63) is 35.0 Å². The van der Waals surface area contributed by atoms with Gasteiger partial charge in [-0.15, -0.1) is 0 Å². The number of nitrogens with zero attached hydrogens (tertiary/aromatic N) is 2. The molecular weight excluding hydrogens is 392 g/mol. The maximum atomic E-state index is 12.0. The number of thioether (sulfide) groups is 1. The number of carbonyl (C=O) groups excluding carboxylic acids is 2. The van der Waals surface area contributed by atoms with Crippen LogP contribution in [0.1, 0.15) is 13.8 Å². The summed E-state index contributed by atoms with van der Waals surface area (Å²) in [6.45, 7) is 3.49. The second-order valence-electron chi connectivity index (χ2n) is 4.66. The maximum absolute atomic E-state index is 12.0. The predicted molar refractivity (Wildman–Crippen MR) is 106 cm³/mol. The molecule has 27 heavy (non-hydrogen) atoms. The zero-order chi connectivity index (χ0) is 20.2. The first kappa shape index (κ1) is 22.3. The molecule has 0 aliphatic carbocycles. The van der Waals surface area contributed by atoms with Crippen LogP contribution in [0.2, 0.25) is 5.02 Å². The number of ether oxygens (including phenoxy) is 2. The van der Waals surface area contributed by atoms with Gasteiger partial charge in [-0.3, -0.25) is 5.32 Å². The third kappa shape index (κ3) is 7.21. The second-order valence-corrected chi connectivity index (χ2v) is 5.89. The van der Waals surface area contributed by atoms with Crippen LogP contribution in [-0.2, 0) is 19.1 Å². The summed E-state index contributed by atoms with van der Waals surface area (Å²) < 4.78 is 9.75. The zero-order valence-electron chi connectivity index (χ0n) is 15.0. The minimum absolute atomic E-state index is 0.114. The van der Waals surface area contributed by atoms with Crippen LogP contribution in [0.15, 0.2) is 35.0 Å². The van der Waals surface area contributed by atoms with E-state index >= 15 is 0 Å². The van der Waals surface area contributed by atoms with E-state index in [1.54, 1.807) is 44.5 Å². The van der Waals surface area contributed by atoms with Crippen LogP contribution in [0.5, 0.6) is 0 Å². The van der Waals surface area contributed by atoms with Crippen molar-refractivity contribution in [3.63, 3.8) is 0 Å². The minimum atomic E-state index is -0.807. The number of halogens is 1. The Balaban J connectivity index is 3.24. The van der Waals surface area contributed by atoms with Gasteiger partial charge in [-0.05, 0) is 38.3 Å². The quantitative estimate of drug-likeness (QED) is 0.103. The number of carbonyl (C=O) groups is 2. The molecule has 0 saturated carbocycles. The number of amidine groups is 1. The molecule has 10 heteroatoms. The third-order valence-electron chi connectivity index (χ3n) is 2.90. The number of nitriles is 1. The van der Waals surface area contributed by atoms with Crippen LogP contribution in [0, 0.1) is 11.5 Å². The molecule has 8 nitrogen and oxygen atoms in total. The Morgan fingerprint density at radius 1 is 1.30 bits per heavy atom. The highest BCUT2D eigenvalue weighted by molar-refractivity contribution is 8.13. The van der Waals surface area contributed by atoms with E-state index in [0.29, 0.717) is 21.6 Å². The Kier molecular flexibility index (Phi) is 9.79. The molecule has 144 valence electrons. The van der Waals surface area contributed by atoms with Gasteiger partial charge in [-0.1, -0.05) is 23.4 Å². The fourth-order valence-corrected chi connectivity index (χ4v) is 2.27. The normalized spacial score (nSPS) is 10.4. The van der Waals surface area contributed by atoms with Crippen LogP contribution in [-0.4, -0.2) is 36.6 Å². The minimum Gasteiger partial charge on any atom is -0.462 e. The average Bonchev–Trinajstić information content (AvgIpc) is 2.63. The number of benzene rings is 1. The van der Waals surface area contributed by atoms with Crippen molar-refractivity contribution in [2.45, 2.75) is 13.8 Å². The summed E-state index contributed by atoms with van der Waals surface area (Å²) in [5, 5.41) is 14.8. The smallest absolute Gasteiger partial charge is 0.347 e. The number of esters is 2. The predicted octanol–water partition coefficient (Wildman–Crippen LogP) is 3.18. The molecule has 0 heterocycles. The van der Waals surface area contributed by atoms with Crippen molar-refractivity contribution >= 4 is 51.8 Å². The van der Waals surface area contributed by atoms with Gasteiger partial charge in [0.25, 0.3) is 0 Å². The van der Waals surface area contributed by atoms with E-state index in [1.807, 2.05) is 0 Å². The van der Waals surface area contributed by atoms with Crippen molar-refractivity contribution in [1.29, 1.82) is 5.26 Å². The van der Waals surface area contributed by atoms with Crippen molar-refractivity contribution in [2.24, 2.45) is 4.99 Å². The molecule has 1 aromatic carbocycles. The second kappa shape index (κ2) is 11.8. The molecule has 2 N–H and O–H groups in total. The fourth-order valence-electron chi connectivity index (χ4n) is 1.77. The van der Waals surface area contributed by atoms with Crippen molar-refractivity contribution in [3.8, 4) is 6.19 Å². The van der Waals surface area contributed by atoms with E-state index in [0.717, 1.165) is 0 Å². The Morgan fingerprint density at radius 3 is 2.44 bits per heavy atom. The van der Waals surface area contributed by atoms with Gasteiger partial charge in [-0.2, -0.15) is 5.26 Å². The van der Waals surface area contributed by atoms with Gasteiger partial charge in [0, 0.05) is 11.2 Å². The van der Waals surface area contributed by atoms with Crippen LogP contribution in [0.4, 0.5) is 11.4 Å². The van der Waals surface area contributed by atoms with Gasteiger partial charge in [0.15, 0.2) is 16.9 Å². The summed E-state index contributed by atoms with van der Waals surface area (Å²) in [4.78, 5) is 28.3.